The highest BCUT2D eigenvalue weighted by molar-refractivity contribution is 5.79. The van der Waals surface area contributed by atoms with Crippen LogP contribution in [0.1, 0.15) is 66.2 Å². The van der Waals surface area contributed by atoms with Crippen LogP contribution in [-0.4, -0.2) is 18.5 Å². The molecule has 0 heterocycles. The molecule has 3 nitrogen and oxygen atoms in total. The lowest BCUT2D eigenvalue weighted by molar-refractivity contribution is -0.132. The molecule has 0 aromatic heterocycles. The Bertz CT molecular complexity index is 358. The number of carbonyl (C=O) groups excluding carboxylic acids is 1. The average molecular weight is 294 g/mol. The van der Waals surface area contributed by atoms with Gasteiger partial charge in [0.15, 0.2) is 0 Å². The monoisotopic (exact) mass is 294 g/mol. The van der Waals surface area contributed by atoms with Crippen LogP contribution in [0.4, 0.5) is 0 Å². The van der Waals surface area contributed by atoms with Gasteiger partial charge in [-0.2, -0.15) is 0 Å². The molecule has 3 unspecified atom stereocenters. The van der Waals surface area contributed by atoms with Gasteiger partial charge in [-0.1, -0.05) is 40.5 Å². The number of hydrogen-bond acceptors (Lipinski definition) is 2. The quantitative estimate of drug-likeness (QED) is 0.839. The minimum Gasteiger partial charge on any atom is -0.356 e. The number of rotatable bonds is 3. The lowest BCUT2D eigenvalue weighted by Gasteiger charge is -2.46. The van der Waals surface area contributed by atoms with E-state index < -0.39 is 0 Å². The van der Waals surface area contributed by atoms with Crippen molar-refractivity contribution in [1.29, 1.82) is 0 Å². The Kier molecular flexibility index (Phi) is 5.34. The van der Waals surface area contributed by atoms with Gasteiger partial charge in [0.25, 0.3) is 0 Å². The number of nitrogens with two attached hydrogens (primary N) is 1. The smallest absolute Gasteiger partial charge is 0.223 e. The predicted molar refractivity (Wildman–Crippen MR) is 87.8 cm³/mol. The number of carbonyl (C=O) groups is 1. The summed E-state index contributed by atoms with van der Waals surface area (Å²) in [4.78, 5) is 12.6. The predicted octanol–water partition coefficient (Wildman–Crippen LogP) is 3.33. The Balaban J connectivity index is 1.85. The molecule has 2 saturated carbocycles. The highest BCUT2D eigenvalue weighted by Gasteiger charge is 2.44. The molecule has 0 aromatic carbocycles. The van der Waals surface area contributed by atoms with E-state index in [1.165, 1.54) is 25.7 Å². The Hall–Kier alpha value is -0.570. The van der Waals surface area contributed by atoms with Crippen molar-refractivity contribution in [3.8, 4) is 0 Å². The van der Waals surface area contributed by atoms with E-state index in [-0.39, 0.29) is 23.3 Å². The molecule has 21 heavy (non-hydrogen) atoms. The lowest BCUT2D eigenvalue weighted by Crippen LogP contribution is -2.52. The summed E-state index contributed by atoms with van der Waals surface area (Å²) in [5, 5.41) is 3.25. The van der Waals surface area contributed by atoms with Crippen molar-refractivity contribution in [3.05, 3.63) is 0 Å². The van der Waals surface area contributed by atoms with Crippen LogP contribution in [0.15, 0.2) is 0 Å². The number of hydrogen-bond donors (Lipinski definition) is 2. The Morgan fingerprint density at radius 3 is 2.33 bits per heavy atom. The fourth-order valence-corrected chi connectivity index (χ4v) is 4.22. The van der Waals surface area contributed by atoms with Crippen LogP contribution < -0.4 is 11.1 Å². The van der Waals surface area contributed by atoms with E-state index in [2.05, 4.69) is 33.0 Å². The van der Waals surface area contributed by atoms with Crippen LogP contribution in [0.25, 0.3) is 0 Å². The van der Waals surface area contributed by atoms with Gasteiger partial charge in [0, 0.05) is 18.5 Å². The molecule has 0 spiro atoms. The van der Waals surface area contributed by atoms with E-state index in [4.69, 9.17) is 5.73 Å². The maximum absolute atomic E-state index is 12.6. The zero-order valence-corrected chi connectivity index (χ0v) is 14.3. The zero-order chi connectivity index (χ0) is 15.6. The molecule has 122 valence electrons. The standard InChI is InChI=1S/C18H34N2O/c1-12-5-7-14(8-6-12)11-20-17(21)15-9-10-16(19)13(2)18(15,3)4/h12-16H,5-11,19H2,1-4H3,(H,20,21). The van der Waals surface area contributed by atoms with Crippen molar-refractivity contribution in [2.24, 2.45) is 34.8 Å². The molecule has 2 fully saturated rings. The Labute approximate surface area is 130 Å². The molecule has 2 aliphatic carbocycles. The van der Waals surface area contributed by atoms with Crippen molar-refractivity contribution >= 4 is 5.91 Å². The van der Waals surface area contributed by atoms with E-state index in [1.807, 2.05) is 0 Å². The summed E-state index contributed by atoms with van der Waals surface area (Å²) in [5.74, 6) is 2.35. The molecule has 3 atom stereocenters. The first-order valence-electron chi connectivity index (χ1n) is 8.85. The Morgan fingerprint density at radius 2 is 1.71 bits per heavy atom. The van der Waals surface area contributed by atoms with E-state index in [1.54, 1.807) is 0 Å². The maximum Gasteiger partial charge on any atom is 0.223 e. The van der Waals surface area contributed by atoms with Crippen molar-refractivity contribution < 1.29 is 4.79 Å². The van der Waals surface area contributed by atoms with Gasteiger partial charge in [-0.15, -0.1) is 0 Å². The van der Waals surface area contributed by atoms with Crippen molar-refractivity contribution in [2.75, 3.05) is 6.54 Å². The van der Waals surface area contributed by atoms with Gasteiger partial charge < -0.3 is 11.1 Å². The third-order valence-corrected chi connectivity index (χ3v) is 6.52. The van der Waals surface area contributed by atoms with Crippen LogP contribution >= 0.6 is 0 Å². The summed E-state index contributed by atoms with van der Waals surface area (Å²) in [6.07, 6.45) is 7.10. The Morgan fingerprint density at radius 1 is 1.10 bits per heavy atom. The van der Waals surface area contributed by atoms with E-state index >= 15 is 0 Å². The molecule has 2 aliphatic rings. The highest BCUT2D eigenvalue weighted by Crippen LogP contribution is 2.44. The molecule has 0 radical (unpaired) electrons. The van der Waals surface area contributed by atoms with Crippen LogP contribution in [0.2, 0.25) is 0 Å². The molecule has 0 aliphatic heterocycles. The third-order valence-electron chi connectivity index (χ3n) is 6.52. The fraction of sp³-hybridized carbons (Fsp3) is 0.944. The third kappa shape index (κ3) is 3.80. The van der Waals surface area contributed by atoms with Crippen molar-refractivity contribution in [1.82, 2.24) is 5.32 Å². The second kappa shape index (κ2) is 6.68. The molecular formula is C18H34N2O. The van der Waals surface area contributed by atoms with Crippen LogP contribution in [0, 0.1) is 29.1 Å². The summed E-state index contributed by atoms with van der Waals surface area (Å²) in [6.45, 7) is 9.83. The fourth-order valence-electron chi connectivity index (χ4n) is 4.22. The van der Waals surface area contributed by atoms with Gasteiger partial charge in [-0.3, -0.25) is 4.79 Å². The summed E-state index contributed by atoms with van der Waals surface area (Å²) >= 11 is 0. The van der Waals surface area contributed by atoms with Crippen LogP contribution in [0.5, 0.6) is 0 Å². The van der Waals surface area contributed by atoms with E-state index in [0.717, 1.165) is 25.3 Å². The molecule has 3 N–H and O–H groups in total. The van der Waals surface area contributed by atoms with Gasteiger partial charge in [-0.25, -0.2) is 0 Å². The molecular weight excluding hydrogens is 260 g/mol. The van der Waals surface area contributed by atoms with E-state index in [9.17, 15) is 4.79 Å². The largest absolute Gasteiger partial charge is 0.356 e. The number of nitrogens with one attached hydrogen (secondary N) is 1. The average Bonchev–Trinajstić information content (AvgIpc) is 2.44. The second-order valence-electron chi connectivity index (χ2n) is 8.27. The zero-order valence-electron chi connectivity index (χ0n) is 14.3. The molecule has 0 aromatic rings. The first-order chi connectivity index (χ1) is 9.82. The molecule has 0 saturated heterocycles. The normalized spacial score (nSPS) is 39.8. The molecule has 2 rings (SSSR count). The van der Waals surface area contributed by atoms with Crippen molar-refractivity contribution in [3.63, 3.8) is 0 Å². The molecule has 1 amide bonds. The highest BCUT2D eigenvalue weighted by atomic mass is 16.1. The summed E-state index contributed by atoms with van der Waals surface area (Å²) in [5.41, 5.74) is 6.19. The van der Waals surface area contributed by atoms with Gasteiger partial charge >= 0.3 is 0 Å². The van der Waals surface area contributed by atoms with Gasteiger partial charge in [0.1, 0.15) is 0 Å². The number of amides is 1. The topological polar surface area (TPSA) is 55.1 Å². The van der Waals surface area contributed by atoms with Gasteiger partial charge in [0.05, 0.1) is 0 Å². The van der Waals surface area contributed by atoms with Crippen molar-refractivity contribution in [2.45, 2.75) is 72.3 Å². The summed E-state index contributed by atoms with van der Waals surface area (Å²) in [6, 6.07) is 0.240. The maximum atomic E-state index is 12.6. The summed E-state index contributed by atoms with van der Waals surface area (Å²) < 4.78 is 0. The molecule has 0 bridgehead atoms. The van der Waals surface area contributed by atoms with Gasteiger partial charge in [0.2, 0.25) is 5.91 Å². The SMILES string of the molecule is CC1CCC(CNC(=O)C2CCC(N)C(C)C2(C)C)CC1. The minimum atomic E-state index is 0.00281. The second-order valence-corrected chi connectivity index (χ2v) is 8.27. The minimum absolute atomic E-state index is 0.00281. The summed E-state index contributed by atoms with van der Waals surface area (Å²) in [7, 11) is 0. The van der Waals surface area contributed by atoms with Crippen LogP contribution in [0.3, 0.4) is 0 Å². The first-order valence-corrected chi connectivity index (χ1v) is 8.85. The first kappa shape index (κ1) is 16.8. The van der Waals surface area contributed by atoms with Gasteiger partial charge in [-0.05, 0) is 48.9 Å². The lowest BCUT2D eigenvalue weighted by atomic mass is 9.61. The van der Waals surface area contributed by atoms with E-state index in [0.29, 0.717) is 11.8 Å². The molecule has 3 heteroatoms. The van der Waals surface area contributed by atoms with Crippen LogP contribution in [-0.2, 0) is 4.79 Å².